The Morgan fingerprint density at radius 1 is 0.947 bits per heavy atom. The molecule has 0 amide bonds. The molecule has 2 unspecified atom stereocenters. The number of unbranched alkanes of at least 4 members (excludes halogenated alkanes) is 1. The molecule has 0 aliphatic carbocycles. The maximum atomic E-state index is 8.19. The van der Waals surface area contributed by atoms with Gasteiger partial charge in [-0.05, 0) is 55.8 Å². The Labute approximate surface area is 130 Å². The summed E-state index contributed by atoms with van der Waals surface area (Å²) in [7, 11) is 0. The largest absolute Gasteiger partial charge is 0.396 e. The first-order chi connectivity index (χ1) is 9.36. The van der Waals surface area contributed by atoms with Crippen molar-refractivity contribution >= 4 is 22.6 Å². The van der Waals surface area contributed by atoms with Crippen molar-refractivity contribution in [3.8, 4) is 0 Å². The van der Waals surface area contributed by atoms with E-state index in [9.17, 15) is 0 Å². The van der Waals surface area contributed by atoms with Gasteiger partial charge in [-0.15, -0.1) is 0 Å². The Morgan fingerprint density at radius 3 is 1.84 bits per heavy atom. The lowest BCUT2D eigenvalue weighted by Crippen LogP contribution is -2.31. The summed E-state index contributed by atoms with van der Waals surface area (Å²) < 4.78 is 17.8. The summed E-state index contributed by atoms with van der Waals surface area (Å²) >= 11 is 2.30. The zero-order chi connectivity index (χ0) is 13.8. The van der Waals surface area contributed by atoms with Crippen molar-refractivity contribution < 1.29 is 19.3 Å². The van der Waals surface area contributed by atoms with Crippen LogP contribution in [0.3, 0.4) is 0 Å². The van der Waals surface area contributed by atoms with Crippen molar-refractivity contribution in [2.45, 2.75) is 63.9 Å². The molecule has 2 fully saturated rings. The third-order valence-electron chi connectivity index (χ3n) is 3.12. The number of ether oxygens (including phenoxy) is 3. The van der Waals surface area contributed by atoms with Gasteiger partial charge in [0.1, 0.15) is 0 Å². The highest BCUT2D eigenvalue weighted by molar-refractivity contribution is 14.1. The zero-order valence-corrected chi connectivity index (χ0v) is 13.8. The average Bonchev–Trinajstić information content (AvgIpc) is 2.48. The minimum absolute atomic E-state index is 0.00292. The maximum absolute atomic E-state index is 8.19. The van der Waals surface area contributed by atoms with Crippen molar-refractivity contribution in [3.05, 3.63) is 0 Å². The molecule has 2 rings (SSSR count). The summed E-state index contributed by atoms with van der Waals surface area (Å²) in [5.41, 5.74) is 0. The van der Waals surface area contributed by atoms with Gasteiger partial charge in [0.15, 0.2) is 12.6 Å². The summed E-state index contributed by atoms with van der Waals surface area (Å²) in [6, 6.07) is 0. The highest BCUT2D eigenvalue weighted by Gasteiger charge is 2.21. The monoisotopic (exact) mass is 386 g/mol. The number of rotatable bonds is 5. The molecule has 0 spiro atoms. The highest BCUT2D eigenvalue weighted by atomic mass is 127. The SMILES string of the molecule is C1CCC(OC2CCCCO2)OC1.OCCCCI. The molecule has 0 aromatic rings. The van der Waals surface area contributed by atoms with Crippen molar-refractivity contribution in [1.29, 1.82) is 0 Å². The van der Waals surface area contributed by atoms with E-state index in [1.54, 1.807) is 0 Å². The molecule has 2 aliphatic heterocycles. The fourth-order valence-corrected chi connectivity index (χ4v) is 2.55. The molecular formula is C14H27IO4. The fraction of sp³-hybridized carbons (Fsp3) is 1.00. The first-order valence-electron chi connectivity index (χ1n) is 7.42. The van der Waals surface area contributed by atoms with Crippen LogP contribution in [0.25, 0.3) is 0 Å². The molecule has 0 aromatic heterocycles. The van der Waals surface area contributed by atoms with Gasteiger partial charge in [0.25, 0.3) is 0 Å². The van der Waals surface area contributed by atoms with E-state index in [0.717, 1.165) is 38.9 Å². The van der Waals surface area contributed by atoms with Gasteiger partial charge in [0.2, 0.25) is 0 Å². The molecule has 4 nitrogen and oxygen atoms in total. The number of hydrogen-bond acceptors (Lipinski definition) is 4. The fourth-order valence-electron chi connectivity index (χ4n) is 2.01. The van der Waals surface area contributed by atoms with Crippen LogP contribution < -0.4 is 0 Å². The van der Waals surface area contributed by atoms with E-state index in [2.05, 4.69) is 22.6 Å². The Balaban J connectivity index is 0.000000258. The zero-order valence-electron chi connectivity index (χ0n) is 11.7. The van der Waals surface area contributed by atoms with Crippen LogP contribution in [0.5, 0.6) is 0 Å². The van der Waals surface area contributed by atoms with Crippen LogP contribution in [0.1, 0.15) is 51.4 Å². The van der Waals surface area contributed by atoms with E-state index in [4.69, 9.17) is 19.3 Å². The third-order valence-corrected chi connectivity index (χ3v) is 3.88. The molecule has 2 atom stereocenters. The van der Waals surface area contributed by atoms with E-state index in [1.165, 1.54) is 30.1 Å². The summed E-state index contributed by atoms with van der Waals surface area (Å²) in [6.45, 7) is 2.04. The second-order valence-corrected chi connectivity index (χ2v) is 5.93. The standard InChI is InChI=1S/C10H18O3.C4H9IO/c1-3-7-11-9(5-1)13-10-6-2-4-8-12-10;5-3-1-2-4-6/h9-10H,1-8H2;6H,1-4H2. The lowest BCUT2D eigenvalue weighted by Gasteiger charge is -2.29. The third kappa shape index (κ3) is 9.18. The molecule has 0 saturated carbocycles. The Kier molecular flexibility index (Phi) is 11.4. The summed E-state index contributed by atoms with van der Waals surface area (Å²) in [5.74, 6) is 0. The van der Waals surface area contributed by atoms with E-state index >= 15 is 0 Å². The van der Waals surface area contributed by atoms with E-state index in [1.807, 2.05) is 0 Å². The first kappa shape index (κ1) is 17.6. The van der Waals surface area contributed by atoms with E-state index < -0.39 is 0 Å². The highest BCUT2D eigenvalue weighted by Crippen LogP contribution is 2.20. The average molecular weight is 386 g/mol. The smallest absolute Gasteiger partial charge is 0.160 e. The lowest BCUT2D eigenvalue weighted by atomic mass is 10.2. The number of hydrogen-bond donors (Lipinski definition) is 1. The quantitative estimate of drug-likeness (QED) is 0.448. The topological polar surface area (TPSA) is 47.9 Å². The molecule has 1 N–H and O–H groups in total. The van der Waals surface area contributed by atoms with Crippen LogP contribution >= 0.6 is 22.6 Å². The molecule has 5 heteroatoms. The molecule has 2 saturated heterocycles. The molecule has 19 heavy (non-hydrogen) atoms. The van der Waals surface area contributed by atoms with Gasteiger partial charge < -0.3 is 19.3 Å². The van der Waals surface area contributed by atoms with Crippen LogP contribution in [0, 0.1) is 0 Å². The summed E-state index contributed by atoms with van der Waals surface area (Å²) in [4.78, 5) is 0. The number of aliphatic hydroxyl groups is 1. The Morgan fingerprint density at radius 2 is 1.53 bits per heavy atom. The predicted molar refractivity (Wildman–Crippen MR) is 83.5 cm³/mol. The van der Waals surface area contributed by atoms with Gasteiger partial charge >= 0.3 is 0 Å². The van der Waals surface area contributed by atoms with Gasteiger partial charge in [-0.3, -0.25) is 0 Å². The Bertz CT molecular complexity index is 172. The first-order valence-corrected chi connectivity index (χ1v) is 8.95. The number of aliphatic hydroxyl groups excluding tert-OH is 1. The molecule has 2 aliphatic rings. The molecule has 2 heterocycles. The van der Waals surface area contributed by atoms with Crippen LogP contribution in [-0.2, 0) is 14.2 Å². The molecule has 114 valence electrons. The second kappa shape index (κ2) is 12.3. The number of alkyl halides is 1. The van der Waals surface area contributed by atoms with Crippen LogP contribution in [0.4, 0.5) is 0 Å². The minimum atomic E-state index is -0.00292. The van der Waals surface area contributed by atoms with E-state index in [0.29, 0.717) is 6.61 Å². The summed E-state index contributed by atoms with van der Waals surface area (Å²) in [6.07, 6.45) is 8.94. The van der Waals surface area contributed by atoms with Gasteiger partial charge in [0.05, 0.1) is 0 Å². The number of halogens is 1. The van der Waals surface area contributed by atoms with Crippen molar-refractivity contribution in [2.75, 3.05) is 24.2 Å². The lowest BCUT2D eigenvalue weighted by molar-refractivity contribution is -0.264. The molecule has 0 radical (unpaired) electrons. The molecule has 0 aromatic carbocycles. The van der Waals surface area contributed by atoms with Crippen molar-refractivity contribution in [1.82, 2.24) is 0 Å². The predicted octanol–water partition coefficient (Wildman–Crippen LogP) is 3.25. The van der Waals surface area contributed by atoms with E-state index in [-0.39, 0.29) is 12.6 Å². The van der Waals surface area contributed by atoms with Gasteiger partial charge in [-0.25, -0.2) is 0 Å². The normalized spacial score (nSPS) is 27.5. The van der Waals surface area contributed by atoms with Crippen LogP contribution in [-0.4, -0.2) is 41.9 Å². The summed E-state index contributed by atoms with van der Waals surface area (Å²) in [5, 5.41) is 8.19. The van der Waals surface area contributed by atoms with Gasteiger partial charge in [-0.2, -0.15) is 0 Å². The molecular weight excluding hydrogens is 359 g/mol. The molecule has 0 bridgehead atoms. The Hall–Kier alpha value is 0.570. The van der Waals surface area contributed by atoms with Gasteiger partial charge in [-0.1, -0.05) is 22.6 Å². The minimum Gasteiger partial charge on any atom is -0.396 e. The van der Waals surface area contributed by atoms with Gasteiger partial charge in [0, 0.05) is 19.8 Å². The van der Waals surface area contributed by atoms with Crippen molar-refractivity contribution in [3.63, 3.8) is 0 Å². The second-order valence-electron chi connectivity index (χ2n) is 4.85. The maximum Gasteiger partial charge on any atom is 0.160 e. The van der Waals surface area contributed by atoms with Crippen molar-refractivity contribution in [2.24, 2.45) is 0 Å². The van der Waals surface area contributed by atoms with Crippen LogP contribution in [0.2, 0.25) is 0 Å². The van der Waals surface area contributed by atoms with Crippen LogP contribution in [0.15, 0.2) is 0 Å².